The number of nitro benzene ring substituents is 1. The first-order valence-corrected chi connectivity index (χ1v) is 9.49. The van der Waals surface area contributed by atoms with Gasteiger partial charge in [0.05, 0.1) is 16.3 Å². The summed E-state index contributed by atoms with van der Waals surface area (Å²) in [6, 6.07) is 12.1. The van der Waals surface area contributed by atoms with Gasteiger partial charge < -0.3 is 4.90 Å². The van der Waals surface area contributed by atoms with Gasteiger partial charge in [0, 0.05) is 41.2 Å². The molecule has 4 rings (SSSR count). The van der Waals surface area contributed by atoms with Crippen molar-refractivity contribution in [3.05, 3.63) is 80.4 Å². The minimum Gasteiger partial charge on any atom is -0.309 e. The lowest BCUT2D eigenvalue weighted by molar-refractivity contribution is -0.384. The van der Waals surface area contributed by atoms with Gasteiger partial charge >= 0.3 is 0 Å². The number of aromatic nitrogens is 3. The molecule has 0 fully saturated rings. The van der Waals surface area contributed by atoms with Crippen LogP contribution in [0.15, 0.2) is 47.5 Å². The number of benzene rings is 2. The average Bonchev–Trinajstić information content (AvgIpc) is 3.01. The van der Waals surface area contributed by atoms with Crippen molar-refractivity contribution in [2.24, 2.45) is 4.99 Å². The Morgan fingerprint density at radius 2 is 2.03 bits per heavy atom. The molecule has 1 aliphatic heterocycles. The van der Waals surface area contributed by atoms with Crippen LogP contribution in [0.1, 0.15) is 22.8 Å². The van der Waals surface area contributed by atoms with Gasteiger partial charge in [0.1, 0.15) is 12.4 Å². The van der Waals surface area contributed by atoms with Crippen LogP contribution in [0, 0.1) is 10.1 Å². The Kier molecular flexibility index (Phi) is 5.12. The van der Waals surface area contributed by atoms with E-state index in [0.717, 1.165) is 23.6 Å². The number of hydrogen-bond donors (Lipinski definition) is 0. The van der Waals surface area contributed by atoms with Crippen LogP contribution in [-0.2, 0) is 13.0 Å². The maximum atomic E-state index is 11.4. The predicted octanol–water partition coefficient (Wildman–Crippen LogP) is 3.28. The van der Waals surface area contributed by atoms with E-state index < -0.39 is 4.92 Å². The zero-order valence-corrected chi connectivity index (χ0v) is 16.8. The Morgan fingerprint density at radius 1 is 1.21 bits per heavy atom. The fraction of sp³-hybridized carbons (Fsp3) is 0.250. The van der Waals surface area contributed by atoms with Gasteiger partial charge in [0.2, 0.25) is 0 Å². The molecule has 0 aliphatic carbocycles. The minimum atomic E-state index is -0.402. The Labute approximate surface area is 172 Å². The molecule has 3 aromatic rings. The van der Waals surface area contributed by atoms with E-state index in [9.17, 15) is 10.1 Å². The van der Waals surface area contributed by atoms with Gasteiger partial charge in [0.25, 0.3) is 5.69 Å². The third-order valence-electron chi connectivity index (χ3n) is 4.74. The largest absolute Gasteiger partial charge is 0.309 e. The first kappa shape index (κ1) is 19.2. The van der Waals surface area contributed by atoms with Gasteiger partial charge in [-0.25, -0.2) is 0 Å². The number of aliphatic imine (C=N–C) groups is 1. The first-order chi connectivity index (χ1) is 13.9. The molecule has 1 aromatic heterocycles. The van der Waals surface area contributed by atoms with Crippen LogP contribution in [0.25, 0.3) is 5.69 Å². The lowest BCUT2D eigenvalue weighted by Gasteiger charge is -2.14. The molecule has 0 amide bonds. The van der Waals surface area contributed by atoms with Gasteiger partial charge in [-0.2, -0.15) is 0 Å². The molecule has 29 heavy (non-hydrogen) atoms. The zero-order chi connectivity index (χ0) is 20.5. The van der Waals surface area contributed by atoms with Crippen molar-refractivity contribution in [3.8, 4) is 5.69 Å². The summed E-state index contributed by atoms with van der Waals surface area (Å²) in [7, 11) is 3.99. The van der Waals surface area contributed by atoms with Crippen molar-refractivity contribution in [1.82, 2.24) is 19.7 Å². The maximum absolute atomic E-state index is 11.4. The standard InChI is InChI=1S/C20H19ClN6O2/c1-25(2)9-8-18-23-24-19-12-22-20(13-4-3-5-14(21)10-13)16-11-15(27(28)29)6-7-17(16)26(18)19/h3-7,10-11H,8-9,12H2,1-2H3. The highest BCUT2D eigenvalue weighted by atomic mass is 35.5. The summed E-state index contributed by atoms with van der Waals surface area (Å²) < 4.78 is 1.96. The van der Waals surface area contributed by atoms with Crippen molar-refractivity contribution in [3.63, 3.8) is 0 Å². The second kappa shape index (κ2) is 7.73. The summed E-state index contributed by atoms with van der Waals surface area (Å²) in [5.41, 5.74) is 2.89. The van der Waals surface area contributed by atoms with E-state index in [-0.39, 0.29) is 5.69 Å². The van der Waals surface area contributed by atoms with E-state index in [1.54, 1.807) is 18.2 Å². The molecule has 0 spiro atoms. The Bertz CT molecular complexity index is 1120. The van der Waals surface area contributed by atoms with E-state index >= 15 is 0 Å². The molecule has 0 unspecified atom stereocenters. The van der Waals surface area contributed by atoms with E-state index in [1.165, 1.54) is 6.07 Å². The van der Waals surface area contributed by atoms with Crippen LogP contribution in [0.2, 0.25) is 5.02 Å². The molecule has 1 aliphatic rings. The fourth-order valence-electron chi connectivity index (χ4n) is 3.36. The highest BCUT2D eigenvalue weighted by Crippen LogP contribution is 2.29. The number of rotatable bonds is 5. The third kappa shape index (κ3) is 3.76. The molecule has 0 bridgehead atoms. The second-order valence-electron chi connectivity index (χ2n) is 7.05. The Morgan fingerprint density at radius 3 is 2.76 bits per heavy atom. The predicted molar refractivity (Wildman–Crippen MR) is 111 cm³/mol. The van der Waals surface area contributed by atoms with Crippen LogP contribution >= 0.6 is 11.6 Å². The van der Waals surface area contributed by atoms with Crippen LogP contribution < -0.4 is 0 Å². The van der Waals surface area contributed by atoms with Gasteiger partial charge in [0.15, 0.2) is 5.82 Å². The van der Waals surface area contributed by atoms with Gasteiger partial charge in [-0.3, -0.25) is 19.7 Å². The molecular formula is C20H19ClN6O2. The number of fused-ring (bicyclic) bond motifs is 3. The lowest BCUT2D eigenvalue weighted by atomic mass is 9.99. The van der Waals surface area contributed by atoms with Crippen molar-refractivity contribution in [2.75, 3.05) is 20.6 Å². The third-order valence-corrected chi connectivity index (χ3v) is 4.98. The SMILES string of the molecule is CN(C)CCc1nnc2n1-c1ccc([N+](=O)[O-])cc1C(c1cccc(Cl)c1)=NC2. The molecule has 0 saturated heterocycles. The number of halogens is 1. The summed E-state index contributed by atoms with van der Waals surface area (Å²) in [4.78, 5) is 17.8. The number of non-ortho nitro benzene ring substituents is 1. The highest BCUT2D eigenvalue weighted by Gasteiger charge is 2.25. The topological polar surface area (TPSA) is 89.5 Å². The monoisotopic (exact) mass is 410 g/mol. The van der Waals surface area contributed by atoms with Crippen LogP contribution in [0.3, 0.4) is 0 Å². The molecule has 9 heteroatoms. The first-order valence-electron chi connectivity index (χ1n) is 9.11. The lowest BCUT2D eigenvalue weighted by Crippen LogP contribution is -2.18. The molecule has 2 heterocycles. The fourth-order valence-corrected chi connectivity index (χ4v) is 3.55. The molecule has 8 nitrogen and oxygen atoms in total. The minimum absolute atomic E-state index is 0.00449. The van der Waals surface area contributed by atoms with E-state index in [0.29, 0.717) is 35.1 Å². The molecule has 0 atom stereocenters. The average molecular weight is 411 g/mol. The molecule has 148 valence electrons. The summed E-state index contributed by atoms with van der Waals surface area (Å²) in [5, 5.41) is 20.7. The molecule has 0 saturated carbocycles. The molecule has 0 N–H and O–H groups in total. The Balaban J connectivity index is 1.91. The van der Waals surface area contributed by atoms with Crippen molar-refractivity contribution in [2.45, 2.75) is 13.0 Å². The van der Waals surface area contributed by atoms with Crippen molar-refractivity contribution >= 4 is 23.0 Å². The molecule has 0 radical (unpaired) electrons. The highest BCUT2D eigenvalue weighted by molar-refractivity contribution is 6.31. The van der Waals surface area contributed by atoms with E-state index in [4.69, 9.17) is 16.6 Å². The van der Waals surface area contributed by atoms with Gasteiger partial charge in [-0.05, 0) is 32.3 Å². The van der Waals surface area contributed by atoms with E-state index in [2.05, 4.69) is 15.1 Å². The number of likely N-dealkylation sites (N-methyl/N-ethyl adjacent to an activating group) is 1. The van der Waals surface area contributed by atoms with Crippen LogP contribution in [-0.4, -0.2) is 50.9 Å². The maximum Gasteiger partial charge on any atom is 0.270 e. The van der Waals surface area contributed by atoms with Gasteiger partial charge in [-0.15, -0.1) is 10.2 Å². The quantitative estimate of drug-likeness (QED) is 0.475. The smallest absolute Gasteiger partial charge is 0.270 e. The van der Waals surface area contributed by atoms with E-state index in [1.807, 2.05) is 36.9 Å². The number of nitro groups is 1. The summed E-state index contributed by atoms with van der Waals surface area (Å²) >= 11 is 6.18. The summed E-state index contributed by atoms with van der Waals surface area (Å²) in [6.07, 6.45) is 0.697. The molecular weight excluding hydrogens is 392 g/mol. The zero-order valence-electron chi connectivity index (χ0n) is 16.0. The van der Waals surface area contributed by atoms with Crippen LogP contribution in [0.4, 0.5) is 5.69 Å². The number of nitrogens with zero attached hydrogens (tertiary/aromatic N) is 6. The summed E-state index contributed by atoms with van der Waals surface area (Å²) in [5.74, 6) is 1.50. The normalized spacial score (nSPS) is 12.9. The number of hydrogen-bond acceptors (Lipinski definition) is 6. The van der Waals surface area contributed by atoms with Crippen LogP contribution in [0.5, 0.6) is 0 Å². The summed E-state index contributed by atoms with van der Waals surface area (Å²) in [6.45, 7) is 1.13. The van der Waals surface area contributed by atoms with Crippen molar-refractivity contribution in [1.29, 1.82) is 0 Å². The van der Waals surface area contributed by atoms with Gasteiger partial charge in [-0.1, -0.05) is 23.7 Å². The van der Waals surface area contributed by atoms with Crippen molar-refractivity contribution < 1.29 is 4.92 Å². The second-order valence-corrected chi connectivity index (χ2v) is 7.49. The Hall–Kier alpha value is -3.10. The molecule has 2 aromatic carbocycles.